The fraction of sp³-hybridized carbons (Fsp3) is 1.00. The van der Waals surface area contributed by atoms with Gasteiger partial charge in [-0.2, -0.15) is 0 Å². The van der Waals surface area contributed by atoms with Crippen molar-refractivity contribution in [2.45, 2.75) is 65.5 Å². The molecule has 2 heteroatoms. The summed E-state index contributed by atoms with van der Waals surface area (Å²) in [6, 6.07) is 0.592. The summed E-state index contributed by atoms with van der Waals surface area (Å²) in [7, 11) is 0. The fourth-order valence-corrected chi connectivity index (χ4v) is 2.41. The van der Waals surface area contributed by atoms with Crippen molar-refractivity contribution in [3.63, 3.8) is 0 Å². The van der Waals surface area contributed by atoms with Crippen molar-refractivity contribution in [1.82, 2.24) is 5.32 Å². The Bertz CT molecular complexity index is 213. The van der Waals surface area contributed by atoms with Crippen LogP contribution in [-0.4, -0.2) is 23.3 Å². The number of rotatable bonds is 4. The van der Waals surface area contributed by atoms with E-state index in [9.17, 15) is 5.11 Å². The Morgan fingerprint density at radius 1 is 1.31 bits per heavy atom. The van der Waals surface area contributed by atoms with Gasteiger partial charge in [0.2, 0.25) is 0 Å². The number of hydrogen-bond donors (Lipinski definition) is 2. The Balaban J connectivity index is 2.42. The molecule has 1 saturated carbocycles. The zero-order valence-electron chi connectivity index (χ0n) is 11.6. The standard InChI is InChI=1S/C14H29NO/c1-10(2)14(5,16)9-15-13-8-6-7-11(3)12(13)4/h10-13,15-16H,6-9H2,1-5H3. The van der Waals surface area contributed by atoms with E-state index in [-0.39, 0.29) is 0 Å². The molecule has 1 aliphatic carbocycles. The van der Waals surface area contributed by atoms with Crippen molar-refractivity contribution in [1.29, 1.82) is 0 Å². The van der Waals surface area contributed by atoms with Crippen molar-refractivity contribution in [2.75, 3.05) is 6.54 Å². The lowest BCUT2D eigenvalue weighted by Crippen LogP contribution is -2.49. The van der Waals surface area contributed by atoms with Crippen LogP contribution in [0.15, 0.2) is 0 Å². The van der Waals surface area contributed by atoms with Crippen LogP contribution in [0.1, 0.15) is 53.9 Å². The van der Waals surface area contributed by atoms with Crippen molar-refractivity contribution < 1.29 is 5.11 Å². The maximum absolute atomic E-state index is 10.2. The molecule has 96 valence electrons. The minimum Gasteiger partial charge on any atom is -0.389 e. The molecular weight excluding hydrogens is 198 g/mol. The van der Waals surface area contributed by atoms with Gasteiger partial charge >= 0.3 is 0 Å². The first-order valence-corrected chi connectivity index (χ1v) is 6.80. The summed E-state index contributed by atoms with van der Waals surface area (Å²) < 4.78 is 0. The molecule has 4 unspecified atom stereocenters. The van der Waals surface area contributed by atoms with E-state index in [1.54, 1.807) is 0 Å². The largest absolute Gasteiger partial charge is 0.389 e. The summed E-state index contributed by atoms with van der Waals surface area (Å²) in [5, 5.41) is 13.8. The molecular formula is C14H29NO. The van der Waals surface area contributed by atoms with Gasteiger partial charge in [0.05, 0.1) is 5.60 Å². The lowest BCUT2D eigenvalue weighted by atomic mass is 9.77. The molecule has 0 bridgehead atoms. The van der Waals surface area contributed by atoms with Crippen LogP contribution in [0.3, 0.4) is 0 Å². The molecule has 1 fully saturated rings. The number of nitrogens with one attached hydrogen (secondary N) is 1. The SMILES string of the molecule is CC1CCCC(NCC(C)(O)C(C)C)C1C. The normalized spacial score (nSPS) is 35.1. The van der Waals surface area contributed by atoms with Crippen LogP contribution < -0.4 is 5.32 Å². The van der Waals surface area contributed by atoms with E-state index in [1.165, 1.54) is 19.3 Å². The lowest BCUT2D eigenvalue weighted by Gasteiger charge is -2.37. The van der Waals surface area contributed by atoms with E-state index in [0.29, 0.717) is 18.5 Å². The number of hydrogen-bond acceptors (Lipinski definition) is 2. The zero-order valence-corrected chi connectivity index (χ0v) is 11.6. The highest BCUT2D eigenvalue weighted by molar-refractivity contribution is 4.86. The van der Waals surface area contributed by atoms with Crippen molar-refractivity contribution in [2.24, 2.45) is 17.8 Å². The molecule has 2 N–H and O–H groups in total. The molecule has 4 atom stereocenters. The van der Waals surface area contributed by atoms with Gasteiger partial charge in [-0.1, -0.05) is 40.5 Å². The van der Waals surface area contributed by atoms with Gasteiger partial charge in [-0.05, 0) is 31.1 Å². The Morgan fingerprint density at radius 2 is 1.94 bits per heavy atom. The predicted molar refractivity (Wildman–Crippen MR) is 69.4 cm³/mol. The Kier molecular flexibility index (Phi) is 4.81. The van der Waals surface area contributed by atoms with E-state index >= 15 is 0 Å². The molecule has 0 aliphatic heterocycles. The van der Waals surface area contributed by atoms with E-state index in [0.717, 1.165) is 11.8 Å². The van der Waals surface area contributed by atoms with Crippen LogP contribution >= 0.6 is 0 Å². The summed E-state index contributed by atoms with van der Waals surface area (Å²) in [5.41, 5.74) is -0.583. The summed E-state index contributed by atoms with van der Waals surface area (Å²) >= 11 is 0. The van der Waals surface area contributed by atoms with Gasteiger partial charge in [0.1, 0.15) is 0 Å². The second-order valence-corrected chi connectivity index (χ2v) is 6.27. The highest BCUT2D eigenvalue weighted by Crippen LogP contribution is 2.29. The van der Waals surface area contributed by atoms with Crippen LogP contribution in [0, 0.1) is 17.8 Å². The highest BCUT2D eigenvalue weighted by atomic mass is 16.3. The van der Waals surface area contributed by atoms with Gasteiger partial charge < -0.3 is 10.4 Å². The average molecular weight is 227 g/mol. The van der Waals surface area contributed by atoms with E-state index < -0.39 is 5.60 Å². The molecule has 1 rings (SSSR count). The second-order valence-electron chi connectivity index (χ2n) is 6.27. The summed E-state index contributed by atoms with van der Waals surface area (Å²) in [6.45, 7) is 11.5. The Morgan fingerprint density at radius 3 is 2.50 bits per heavy atom. The van der Waals surface area contributed by atoms with Gasteiger partial charge in [-0.3, -0.25) is 0 Å². The first-order valence-electron chi connectivity index (χ1n) is 6.80. The molecule has 16 heavy (non-hydrogen) atoms. The third kappa shape index (κ3) is 3.46. The minimum absolute atomic E-state index is 0.302. The van der Waals surface area contributed by atoms with Crippen LogP contribution in [0.4, 0.5) is 0 Å². The molecule has 2 nitrogen and oxygen atoms in total. The van der Waals surface area contributed by atoms with Gasteiger partial charge in [-0.25, -0.2) is 0 Å². The third-order valence-electron chi connectivity index (χ3n) is 4.67. The third-order valence-corrected chi connectivity index (χ3v) is 4.67. The topological polar surface area (TPSA) is 32.3 Å². The van der Waals surface area contributed by atoms with Crippen LogP contribution in [0.25, 0.3) is 0 Å². The molecule has 0 heterocycles. The molecule has 0 radical (unpaired) electrons. The first-order chi connectivity index (χ1) is 7.34. The molecule has 0 aromatic rings. The Hall–Kier alpha value is -0.0800. The zero-order chi connectivity index (χ0) is 12.3. The summed E-state index contributed by atoms with van der Waals surface area (Å²) in [4.78, 5) is 0. The monoisotopic (exact) mass is 227 g/mol. The van der Waals surface area contributed by atoms with Crippen molar-refractivity contribution >= 4 is 0 Å². The smallest absolute Gasteiger partial charge is 0.0766 e. The van der Waals surface area contributed by atoms with Gasteiger partial charge in [-0.15, -0.1) is 0 Å². The van der Waals surface area contributed by atoms with Gasteiger partial charge in [0.25, 0.3) is 0 Å². The van der Waals surface area contributed by atoms with E-state index in [4.69, 9.17) is 0 Å². The highest BCUT2D eigenvalue weighted by Gasteiger charge is 2.30. The fourth-order valence-electron chi connectivity index (χ4n) is 2.41. The Labute approximate surface area is 101 Å². The lowest BCUT2D eigenvalue weighted by molar-refractivity contribution is 0.00745. The molecule has 0 saturated heterocycles. The van der Waals surface area contributed by atoms with Gasteiger partial charge in [0, 0.05) is 12.6 Å². The maximum atomic E-state index is 10.2. The summed E-state index contributed by atoms with van der Waals surface area (Å²) in [6.07, 6.45) is 3.95. The van der Waals surface area contributed by atoms with Crippen LogP contribution in [0.2, 0.25) is 0 Å². The molecule has 0 aromatic heterocycles. The molecule has 0 spiro atoms. The second kappa shape index (κ2) is 5.50. The van der Waals surface area contributed by atoms with E-state index in [1.807, 2.05) is 6.92 Å². The predicted octanol–water partition coefficient (Wildman–Crippen LogP) is 2.81. The average Bonchev–Trinajstić information content (AvgIpc) is 2.20. The molecule has 0 aromatic carbocycles. The number of aliphatic hydroxyl groups is 1. The van der Waals surface area contributed by atoms with Crippen LogP contribution in [0.5, 0.6) is 0 Å². The van der Waals surface area contributed by atoms with E-state index in [2.05, 4.69) is 33.0 Å². The van der Waals surface area contributed by atoms with Crippen molar-refractivity contribution in [3.8, 4) is 0 Å². The van der Waals surface area contributed by atoms with Gasteiger partial charge in [0.15, 0.2) is 0 Å². The molecule has 0 amide bonds. The molecule has 1 aliphatic rings. The minimum atomic E-state index is -0.583. The first kappa shape index (κ1) is 14.0. The summed E-state index contributed by atoms with van der Waals surface area (Å²) in [5.74, 6) is 1.85. The quantitative estimate of drug-likeness (QED) is 0.774. The van der Waals surface area contributed by atoms with Crippen LogP contribution in [-0.2, 0) is 0 Å². The maximum Gasteiger partial charge on any atom is 0.0766 e. The van der Waals surface area contributed by atoms with Crippen molar-refractivity contribution in [3.05, 3.63) is 0 Å².